The SMILES string of the molecule is COc1cc2c(cc1OC)C(N(C)C)C(C)CN2. The number of rotatable bonds is 3. The number of hydrogen-bond acceptors (Lipinski definition) is 4. The Morgan fingerprint density at radius 3 is 2.33 bits per heavy atom. The minimum Gasteiger partial charge on any atom is -0.493 e. The molecule has 0 radical (unpaired) electrons. The van der Waals surface area contributed by atoms with Crippen molar-refractivity contribution in [1.82, 2.24) is 4.90 Å². The molecule has 0 aromatic heterocycles. The van der Waals surface area contributed by atoms with Gasteiger partial charge in [-0.3, -0.25) is 0 Å². The highest BCUT2D eigenvalue weighted by atomic mass is 16.5. The van der Waals surface area contributed by atoms with Gasteiger partial charge in [0.2, 0.25) is 0 Å². The molecular formula is C14H22N2O2. The third-order valence-corrected chi connectivity index (χ3v) is 3.58. The van der Waals surface area contributed by atoms with Crippen LogP contribution in [0.1, 0.15) is 18.5 Å². The first-order chi connectivity index (χ1) is 8.58. The number of anilines is 1. The largest absolute Gasteiger partial charge is 0.493 e. The van der Waals surface area contributed by atoms with Crippen LogP contribution in [0.4, 0.5) is 5.69 Å². The average Bonchev–Trinajstić information content (AvgIpc) is 2.36. The van der Waals surface area contributed by atoms with E-state index in [1.165, 1.54) is 5.56 Å². The summed E-state index contributed by atoms with van der Waals surface area (Å²) >= 11 is 0. The number of benzene rings is 1. The van der Waals surface area contributed by atoms with Crippen LogP contribution in [0.3, 0.4) is 0 Å². The average molecular weight is 250 g/mol. The van der Waals surface area contributed by atoms with Gasteiger partial charge in [0.05, 0.1) is 14.2 Å². The van der Waals surface area contributed by atoms with Gasteiger partial charge in [-0.2, -0.15) is 0 Å². The van der Waals surface area contributed by atoms with E-state index in [9.17, 15) is 0 Å². The van der Waals surface area contributed by atoms with Crippen LogP contribution in [-0.4, -0.2) is 39.8 Å². The summed E-state index contributed by atoms with van der Waals surface area (Å²) in [5.74, 6) is 2.13. The van der Waals surface area contributed by atoms with Crippen LogP contribution in [0.15, 0.2) is 12.1 Å². The van der Waals surface area contributed by atoms with Crippen molar-refractivity contribution in [3.63, 3.8) is 0 Å². The molecule has 0 saturated heterocycles. The van der Waals surface area contributed by atoms with Gasteiger partial charge in [0.25, 0.3) is 0 Å². The smallest absolute Gasteiger partial charge is 0.162 e. The summed E-state index contributed by atoms with van der Waals surface area (Å²) in [6.45, 7) is 3.24. The van der Waals surface area contributed by atoms with Crippen molar-refractivity contribution in [3.05, 3.63) is 17.7 Å². The second-order valence-electron chi connectivity index (χ2n) is 5.06. The van der Waals surface area contributed by atoms with Gasteiger partial charge in [0.15, 0.2) is 11.5 Å². The molecule has 0 fully saturated rings. The molecule has 0 amide bonds. The third kappa shape index (κ3) is 2.12. The Morgan fingerprint density at radius 2 is 1.78 bits per heavy atom. The highest BCUT2D eigenvalue weighted by Gasteiger charge is 2.29. The van der Waals surface area contributed by atoms with Crippen molar-refractivity contribution in [1.29, 1.82) is 0 Å². The summed E-state index contributed by atoms with van der Waals surface area (Å²) in [6.07, 6.45) is 0. The maximum absolute atomic E-state index is 5.39. The zero-order valence-electron chi connectivity index (χ0n) is 11.8. The fraction of sp³-hybridized carbons (Fsp3) is 0.571. The first-order valence-corrected chi connectivity index (χ1v) is 6.24. The van der Waals surface area contributed by atoms with Crippen molar-refractivity contribution < 1.29 is 9.47 Å². The second kappa shape index (κ2) is 5.06. The second-order valence-corrected chi connectivity index (χ2v) is 5.06. The van der Waals surface area contributed by atoms with E-state index in [0.29, 0.717) is 12.0 Å². The quantitative estimate of drug-likeness (QED) is 0.893. The van der Waals surface area contributed by atoms with Gasteiger partial charge in [0.1, 0.15) is 0 Å². The molecule has 4 heteroatoms. The van der Waals surface area contributed by atoms with E-state index in [1.807, 2.05) is 6.07 Å². The van der Waals surface area contributed by atoms with Gasteiger partial charge in [-0.1, -0.05) is 6.92 Å². The summed E-state index contributed by atoms with van der Waals surface area (Å²) in [5.41, 5.74) is 2.42. The Hall–Kier alpha value is -1.42. The van der Waals surface area contributed by atoms with Crippen LogP contribution in [0.5, 0.6) is 11.5 Å². The number of ether oxygens (including phenoxy) is 2. The summed E-state index contributed by atoms with van der Waals surface area (Å²) < 4.78 is 10.7. The van der Waals surface area contributed by atoms with E-state index in [2.05, 4.69) is 37.3 Å². The summed E-state index contributed by atoms with van der Waals surface area (Å²) in [7, 11) is 7.58. The first-order valence-electron chi connectivity index (χ1n) is 6.24. The molecule has 18 heavy (non-hydrogen) atoms. The van der Waals surface area contributed by atoms with E-state index in [0.717, 1.165) is 23.7 Å². The molecule has 0 saturated carbocycles. The molecule has 1 aromatic carbocycles. The minimum absolute atomic E-state index is 0.404. The zero-order valence-corrected chi connectivity index (χ0v) is 11.8. The standard InChI is InChI=1S/C14H22N2O2/c1-9-8-15-11-7-13(18-5)12(17-4)6-10(11)14(9)16(2)3/h6-7,9,14-15H,8H2,1-5H3. The maximum Gasteiger partial charge on any atom is 0.162 e. The molecule has 4 nitrogen and oxygen atoms in total. The molecule has 2 atom stereocenters. The number of nitrogens with zero attached hydrogens (tertiary/aromatic N) is 1. The number of hydrogen-bond donors (Lipinski definition) is 1. The number of fused-ring (bicyclic) bond motifs is 1. The van der Waals surface area contributed by atoms with Crippen molar-refractivity contribution in [2.75, 3.05) is 40.2 Å². The molecule has 1 aliphatic rings. The highest BCUT2D eigenvalue weighted by molar-refractivity contribution is 5.63. The van der Waals surface area contributed by atoms with Crippen LogP contribution in [-0.2, 0) is 0 Å². The molecule has 0 aliphatic carbocycles. The summed E-state index contributed by atoms with van der Waals surface area (Å²) in [5, 5.41) is 3.46. The van der Waals surface area contributed by atoms with Crippen LogP contribution in [0.2, 0.25) is 0 Å². The van der Waals surface area contributed by atoms with Crippen molar-refractivity contribution in [3.8, 4) is 11.5 Å². The fourth-order valence-electron chi connectivity index (χ4n) is 2.77. The Bertz CT molecular complexity index is 432. The molecular weight excluding hydrogens is 228 g/mol. The Labute approximate surface area is 109 Å². The maximum atomic E-state index is 5.39. The molecule has 2 rings (SSSR count). The predicted molar refractivity (Wildman–Crippen MR) is 73.6 cm³/mol. The lowest BCUT2D eigenvalue weighted by Crippen LogP contribution is -2.34. The van der Waals surface area contributed by atoms with Gasteiger partial charge in [0, 0.05) is 24.3 Å². The molecule has 1 heterocycles. The van der Waals surface area contributed by atoms with E-state index >= 15 is 0 Å². The summed E-state index contributed by atoms with van der Waals surface area (Å²) in [6, 6.07) is 4.51. The Morgan fingerprint density at radius 1 is 1.17 bits per heavy atom. The zero-order chi connectivity index (χ0) is 13.3. The van der Waals surface area contributed by atoms with Gasteiger partial charge in [-0.25, -0.2) is 0 Å². The van der Waals surface area contributed by atoms with Crippen LogP contribution in [0, 0.1) is 5.92 Å². The van der Waals surface area contributed by atoms with Crippen molar-refractivity contribution >= 4 is 5.69 Å². The van der Waals surface area contributed by atoms with Crippen molar-refractivity contribution in [2.24, 2.45) is 5.92 Å². The predicted octanol–water partition coefficient (Wildman–Crippen LogP) is 2.37. The van der Waals surface area contributed by atoms with Gasteiger partial charge >= 0.3 is 0 Å². The monoisotopic (exact) mass is 250 g/mol. The third-order valence-electron chi connectivity index (χ3n) is 3.58. The topological polar surface area (TPSA) is 33.7 Å². The molecule has 100 valence electrons. The van der Waals surface area contributed by atoms with E-state index in [-0.39, 0.29) is 0 Å². The number of nitrogens with one attached hydrogen (secondary N) is 1. The highest BCUT2D eigenvalue weighted by Crippen LogP contribution is 2.42. The van der Waals surface area contributed by atoms with E-state index in [1.54, 1.807) is 14.2 Å². The molecule has 0 bridgehead atoms. The molecule has 2 unspecified atom stereocenters. The van der Waals surface area contributed by atoms with Crippen LogP contribution in [0.25, 0.3) is 0 Å². The molecule has 0 spiro atoms. The van der Waals surface area contributed by atoms with Crippen molar-refractivity contribution in [2.45, 2.75) is 13.0 Å². The van der Waals surface area contributed by atoms with Gasteiger partial charge in [-0.15, -0.1) is 0 Å². The normalized spacial score (nSPS) is 22.3. The van der Waals surface area contributed by atoms with Crippen LogP contribution >= 0.6 is 0 Å². The van der Waals surface area contributed by atoms with Crippen LogP contribution < -0.4 is 14.8 Å². The Kier molecular flexibility index (Phi) is 3.66. The van der Waals surface area contributed by atoms with Gasteiger partial charge in [-0.05, 0) is 31.6 Å². The molecule has 1 aliphatic heterocycles. The van der Waals surface area contributed by atoms with E-state index < -0.39 is 0 Å². The summed E-state index contributed by atoms with van der Waals surface area (Å²) in [4.78, 5) is 2.26. The molecule has 1 N–H and O–H groups in total. The minimum atomic E-state index is 0.404. The van der Waals surface area contributed by atoms with E-state index in [4.69, 9.17) is 9.47 Å². The fourth-order valence-corrected chi connectivity index (χ4v) is 2.77. The lowest BCUT2D eigenvalue weighted by Gasteiger charge is -2.37. The first kappa shape index (κ1) is 13.0. The molecule has 1 aromatic rings. The Balaban J connectivity index is 2.51. The lowest BCUT2D eigenvalue weighted by molar-refractivity contribution is 0.224. The van der Waals surface area contributed by atoms with Gasteiger partial charge < -0.3 is 19.7 Å². The number of methoxy groups -OCH3 is 2. The lowest BCUT2D eigenvalue weighted by atomic mass is 9.88.